The first kappa shape index (κ1) is 13.6. The van der Waals surface area contributed by atoms with E-state index in [1.54, 1.807) is 0 Å². The summed E-state index contributed by atoms with van der Waals surface area (Å²) in [6, 6.07) is 2.80. The van der Waals surface area contributed by atoms with E-state index in [0.29, 0.717) is 11.1 Å². The third kappa shape index (κ3) is 1.99. The SMILES string of the molecule is CNCCN1CC2=NCC(=O)c3cc(F)cc4[nH]c(c2c34)C1. The minimum atomic E-state index is -0.384. The molecule has 0 atom stereocenters. The minimum Gasteiger partial charge on any atom is -0.357 e. The Balaban J connectivity index is 1.90. The van der Waals surface area contributed by atoms with Crippen molar-refractivity contribution in [3.63, 3.8) is 0 Å². The van der Waals surface area contributed by atoms with Gasteiger partial charge in [-0.15, -0.1) is 0 Å². The van der Waals surface area contributed by atoms with E-state index in [1.807, 2.05) is 7.05 Å². The molecule has 2 aliphatic rings. The Morgan fingerprint density at radius 1 is 1.41 bits per heavy atom. The van der Waals surface area contributed by atoms with Crippen molar-refractivity contribution in [1.29, 1.82) is 0 Å². The molecule has 1 aromatic carbocycles. The zero-order chi connectivity index (χ0) is 15.3. The summed E-state index contributed by atoms with van der Waals surface area (Å²) in [5, 5.41) is 3.98. The first-order chi connectivity index (χ1) is 10.7. The lowest BCUT2D eigenvalue weighted by molar-refractivity contribution is 0.100. The number of carbonyl (C=O) groups is 1. The molecular weight excluding hydrogens is 283 g/mol. The number of aromatic amines is 1. The summed E-state index contributed by atoms with van der Waals surface area (Å²) in [7, 11) is 1.93. The van der Waals surface area contributed by atoms with Crippen LogP contribution in [-0.2, 0) is 6.54 Å². The minimum absolute atomic E-state index is 0.0991. The Labute approximate surface area is 127 Å². The number of rotatable bonds is 3. The number of nitrogens with one attached hydrogen (secondary N) is 2. The van der Waals surface area contributed by atoms with Crippen LogP contribution in [-0.4, -0.2) is 54.6 Å². The lowest BCUT2D eigenvalue weighted by atomic mass is 9.97. The number of hydrogen-bond acceptors (Lipinski definition) is 4. The molecule has 0 bridgehead atoms. The highest BCUT2D eigenvalue weighted by atomic mass is 19.1. The van der Waals surface area contributed by atoms with Gasteiger partial charge in [0.15, 0.2) is 5.78 Å². The highest BCUT2D eigenvalue weighted by Crippen LogP contribution is 2.33. The van der Waals surface area contributed by atoms with E-state index in [1.165, 1.54) is 12.1 Å². The van der Waals surface area contributed by atoms with Crippen molar-refractivity contribution < 1.29 is 9.18 Å². The van der Waals surface area contributed by atoms with Crippen LogP contribution in [0.15, 0.2) is 17.1 Å². The third-order valence-electron chi connectivity index (χ3n) is 4.38. The standard InChI is InChI=1S/C16H17FN4O/c1-18-2-3-21-7-12-16-13(8-21)20-11-5-9(17)4-10(15(11)16)14(22)6-19-12/h4-5,18,20H,2-3,6-8H2,1H3. The quantitative estimate of drug-likeness (QED) is 0.899. The maximum absolute atomic E-state index is 13.8. The van der Waals surface area contributed by atoms with Crippen molar-refractivity contribution in [2.45, 2.75) is 6.54 Å². The van der Waals surface area contributed by atoms with Crippen molar-refractivity contribution in [3.05, 3.63) is 34.8 Å². The molecule has 4 rings (SSSR count). The van der Waals surface area contributed by atoms with E-state index in [9.17, 15) is 9.18 Å². The highest BCUT2D eigenvalue weighted by Gasteiger charge is 2.30. The lowest BCUT2D eigenvalue weighted by Crippen LogP contribution is -2.38. The monoisotopic (exact) mass is 300 g/mol. The first-order valence-corrected chi connectivity index (χ1v) is 7.45. The maximum atomic E-state index is 13.8. The van der Waals surface area contributed by atoms with E-state index in [-0.39, 0.29) is 18.1 Å². The summed E-state index contributed by atoms with van der Waals surface area (Å²) in [5.74, 6) is -0.500. The van der Waals surface area contributed by atoms with E-state index in [4.69, 9.17) is 0 Å². The van der Waals surface area contributed by atoms with Crippen molar-refractivity contribution in [3.8, 4) is 0 Å². The van der Waals surface area contributed by atoms with Crippen LogP contribution in [0.2, 0.25) is 0 Å². The molecule has 22 heavy (non-hydrogen) atoms. The predicted molar refractivity (Wildman–Crippen MR) is 83.2 cm³/mol. The normalized spacial score (nSPS) is 17.7. The van der Waals surface area contributed by atoms with Gasteiger partial charge >= 0.3 is 0 Å². The summed E-state index contributed by atoms with van der Waals surface area (Å²) < 4.78 is 13.8. The molecule has 5 nitrogen and oxygen atoms in total. The van der Waals surface area contributed by atoms with E-state index in [0.717, 1.165) is 48.5 Å². The Kier molecular flexibility index (Phi) is 3.09. The number of hydrogen-bond donors (Lipinski definition) is 2. The summed E-state index contributed by atoms with van der Waals surface area (Å²) >= 11 is 0. The summed E-state index contributed by atoms with van der Waals surface area (Å²) in [4.78, 5) is 22.3. The molecule has 114 valence electrons. The summed E-state index contributed by atoms with van der Waals surface area (Å²) in [6.45, 7) is 3.38. The number of halogens is 1. The first-order valence-electron chi connectivity index (χ1n) is 7.45. The molecule has 2 aromatic rings. The Morgan fingerprint density at radius 3 is 3.09 bits per heavy atom. The van der Waals surface area contributed by atoms with Crippen molar-refractivity contribution in [1.82, 2.24) is 15.2 Å². The average molecular weight is 300 g/mol. The molecule has 6 heteroatoms. The molecule has 0 saturated carbocycles. The smallest absolute Gasteiger partial charge is 0.185 e. The zero-order valence-corrected chi connectivity index (χ0v) is 12.4. The van der Waals surface area contributed by atoms with Gasteiger partial charge in [-0.25, -0.2) is 4.39 Å². The van der Waals surface area contributed by atoms with Crippen molar-refractivity contribution in [2.75, 3.05) is 33.2 Å². The number of likely N-dealkylation sites (N-methyl/N-ethyl adjacent to an activating group) is 1. The lowest BCUT2D eigenvalue weighted by Gasteiger charge is -2.27. The Morgan fingerprint density at radius 2 is 2.27 bits per heavy atom. The van der Waals surface area contributed by atoms with Gasteiger partial charge in [-0.3, -0.25) is 14.7 Å². The number of aliphatic imine (C=N–C) groups is 1. The van der Waals surface area contributed by atoms with Gasteiger partial charge in [0.25, 0.3) is 0 Å². The van der Waals surface area contributed by atoms with Gasteiger partial charge in [-0.05, 0) is 19.2 Å². The largest absolute Gasteiger partial charge is 0.357 e. The van der Waals surface area contributed by atoms with Gasteiger partial charge in [-0.1, -0.05) is 0 Å². The number of benzene rings is 1. The van der Waals surface area contributed by atoms with Gasteiger partial charge in [0.2, 0.25) is 0 Å². The van der Waals surface area contributed by atoms with Crippen LogP contribution in [0.1, 0.15) is 21.6 Å². The van der Waals surface area contributed by atoms with Gasteiger partial charge in [0.05, 0.1) is 5.71 Å². The van der Waals surface area contributed by atoms with Crippen LogP contribution in [0, 0.1) is 5.82 Å². The molecule has 1 aromatic heterocycles. The van der Waals surface area contributed by atoms with Crippen molar-refractivity contribution in [2.24, 2.45) is 4.99 Å². The van der Waals surface area contributed by atoms with Gasteiger partial charge in [-0.2, -0.15) is 0 Å². The molecule has 0 radical (unpaired) electrons. The third-order valence-corrected chi connectivity index (χ3v) is 4.38. The fourth-order valence-electron chi connectivity index (χ4n) is 3.39. The second-order valence-electron chi connectivity index (χ2n) is 5.85. The predicted octanol–water partition coefficient (Wildman–Crippen LogP) is 1.33. The average Bonchev–Trinajstić information content (AvgIpc) is 2.79. The van der Waals surface area contributed by atoms with Crippen molar-refractivity contribution >= 4 is 22.4 Å². The van der Waals surface area contributed by atoms with E-state index in [2.05, 4.69) is 20.2 Å². The Hall–Kier alpha value is -2.05. The van der Waals surface area contributed by atoms with Gasteiger partial charge < -0.3 is 10.3 Å². The number of aromatic nitrogens is 1. The van der Waals surface area contributed by atoms with E-state index >= 15 is 0 Å². The number of H-pyrrole nitrogens is 1. The fourth-order valence-corrected chi connectivity index (χ4v) is 3.39. The van der Waals surface area contributed by atoms with Gasteiger partial charge in [0.1, 0.15) is 12.4 Å². The number of Topliss-reactive ketones (excluding diaryl/α,β-unsaturated/α-hetero) is 1. The number of nitrogens with zero attached hydrogens (tertiary/aromatic N) is 2. The number of ketones is 1. The van der Waals surface area contributed by atoms with Crippen LogP contribution in [0.25, 0.3) is 10.9 Å². The van der Waals surface area contributed by atoms with Gasteiger partial charge in [0, 0.05) is 53.9 Å². The van der Waals surface area contributed by atoms with Crippen LogP contribution in [0.4, 0.5) is 4.39 Å². The molecule has 0 spiro atoms. The van der Waals surface area contributed by atoms with Crippen LogP contribution >= 0.6 is 0 Å². The molecule has 0 aliphatic carbocycles. The molecular formula is C16H17FN4O. The molecule has 3 heterocycles. The molecule has 0 fully saturated rings. The van der Waals surface area contributed by atoms with E-state index < -0.39 is 0 Å². The molecule has 2 aliphatic heterocycles. The molecule has 0 saturated heterocycles. The molecule has 0 amide bonds. The topological polar surface area (TPSA) is 60.5 Å². The fraction of sp³-hybridized carbons (Fsp3) is 0.375. The second kappa shape index (κ2) is 5.00. The van der Waals surface area contributed by atoms with Crippen LogP contribution in [0.5, 0.6) is 0 Å². The molecule has 2 N–H and O–H groups in total. The highest BCUT2D eigenvalue weighted by molar-refractivity contribution is 6.22. The number of carbonyl (C=O) groups excluding carboxylic acids is 1. The zero-order valence-electron chi connectivity index (χ0n) is 12.4. The maximum Gasteiger partial charge on any atom is 0.185 e. The van der Waals surface area contributed by atoms with Crippen LogP contribution in [0.3, 0.4) is 0 Å². The Bertz CT molecular complexity index is 808. The van der Waals surface area contributed by atoms with Crippen LogP contribution < -0.4 is 5.32 Å². The molecule has 0 unspecified atom stereocenters. The second-order valence-corrected chi connectivity index (χ2v) is 5.85. The summed E-state index contributed by atoms with van der Waals surface area (Å²) in [6.07, 6.45) is 0. The summed E-state index contributed by atoms with van der Waals surface area (Å²) in [5.41, 5.74) is 4.12.